The molecule has 0 heterocycles. The molecule has 0 aliphatic heterocycles. The lowest BCUT2D eigenvalue weighted by atomic mass is 10.1. The number of nitro groups is 1. The van der Waals surface area contributed by atoms with E-state index in [1.165, 1.54) is 6.07 Å². The first-order valence-corrected chi connectivity index (χ1v) is 5.81. The lowest BCUT2D eigenvalue weighted by Crippen LogP contribution is -2.27. The summed E-state index contributed by atoms with van der Waals surface area (Å²) in [4.78, 5) is 10.4. The van der Waals surface area contributed by atoms with Crippen LogP contribution in [0.25, 0.3) is 0 Å². The third kappa shape index (κ3) is 2.95. The first-order valence-electron chi connectivity index (χ1n) is 5.81. The number of nitrogens with one attached hydrogen (secondary N) is 1. The van der Waals surface area contributed by atoms with Crippen molar-refractivity contribution in [3.05, 3.63) is 34.1 Å². The molecule has 5 nitrogen and oxygen atoms in total. The van der Waals surface area contributed by atoms with E-state index in [2.05, 4.69) is 5.32 Å². The van der Waals surface area contributed by atoms with E-state index in [9.17, 15) is 14.5 Å². The van der Waals surface area contributed by atoms with Gasteiger partial charge in [0.1, 0.15) is 11.5 Å². The van der Waals surface area contributed by atoms with Gasteiger partial charge in [-0.3, -0.25) is 10.1 Å². The molecule has 1 fully saturated rings. The topological polar surface area (TPSA) is 64.4 Å². The summed E-state index contributed by atoms with van der Waals surface area (Å²) in [6, 6.07) is 3.42. The molecule has 1 N–H and O–H groups in total. The summed E-state index contributed by atoms with van der Waals surface area (Å²) in [5.74, 6) is -0.0390. The van der Waals surface area contributed by atoms with Crippen molar-refractivity contribution >= 4 is 11.4 Å². The fourth-order valence-electron chi connectivity index (χ4n) is 1.96. The highest BCUT2D eigenvalue weighted by Crippen LogP contribution is 2.36. The highest BCUT2D eigenvalue weighted by atomic mass is 19.1. The Morgan fingerprint density at radius 1 is 1.61 bits per heavy atom. The molecule has 0 aromatic heterocycles. The van der Waals surface area contributed by atoms with Crippen molar-refractivity contribution in [2.75, 3.05) is 19.0 Å². The Kier molecular flexibility index (Phi) is 3.76. The average molecular weight is 254 g/mol. The van der Waals surface area contributed by atoms with Crippen LogP contribution < -0.4 is 5.32 Å². The Hall–Kier alpha value is -1.69. The summed E-state index contributed by atoms with van der Waals surface area (Å²) in [5.41, 5.74) is 0.104. The predicted molar refractivity (Wildman–Crippen MR) is 65.1 cm³/mol. The summed E-state index contributed by atoms with van der Waals surface area (Å²) in [5, 5.41) is 13.9. The van der Waals surface area contributed by atoms with Crippen LogP contribution in [0.15, 0.2) is 18.2 Å². The molecule has 0 saturated heterocycles. The van der Waals surface area contributed by atoms with Crippen LogP contribution in [0.3, 0.4) is 0 Å². The van der Waals surface area contributed by atoms with E-state index in [0.29, 0.717) is 12.5 Å². The number of hydrogen-bond donors (Lipinski definition) is 1. The first kappa shape index (κ1) is 12.8. The monoisotopic (exact) mass is 254 g/mol. The largest absolute Gasteiger partial charge is 0.383 e. The molecule has 1 aliphatic carbocycles. The summed E-state index contributed by atoms with van der Waals surface area (Å²) < 4.78 is 18.3. The Balaban J connectivity index is 2.20. The van der Waals surface area contributed by atoms with Crippen LogP contribution in [0.2, 0.25) is 0 Å². The fraction of sp³-hybridized carbons (Fsp3) is 0.500. The molecule has 0 radical (unpaired) electrons. The van der Waals surface area contributed by atoms with Crippen molar-refractivity contribution in [3.63, 3.8) is 0 Å². The molecule has 0 bridgehead atoms. The highest BCUT2D eigenvalue weighted by molar-refractivity contribution is 5.62. The summed E-state index contributed by atoms with van der Waals surface area (Å²) >= 11 is 0. The number of benzene rings is 1. The van der Waals surface area contributed by atoms with Crippen LogP contribution in [0, 0.1) is 21.8 Å². The smallest absolute Gasteiger partial charge is 0.292 e. The number of anilines is 1. The van der Waals surface area contributed by atoms with Gasteiger partial charge in [-0.25, -0.2) is 4.39 Å². The van der Waals surface area contributed by atoms with Crippen molar-refractivity contribution in [1.82, 2.24) is 0 Å². The average Bonchev–Trinajstić information content (AvgIpc) is 3.12. The van der Waals surface area contributed by atoms with Crippen LogP contribution in [-0.4, -0.2) is 24.7 Å². The second-order valence-corrected chi connectivity index (χ2v) is 4.46. The molecule has 0 spiro atoms. The maximum atomic E-state index is 13.2. The molecule has 6 heteroatoms. The van der Waals surface area contributed by atoms with Gasteiger partial charge in [0, 0.05) is 19.2 Å². The van der Waals surface area contributed by atoms with Gasteiger partial charge in [0.15, 0.2) is 0 Å². The molecule has 0 amide bonds. The lowest BCUT2D eigenvalue weighted by Gasteiger charge is -2.18. The zero-order valence-electron chi connectivity index (χ0n) is 10.1. The van der Waals surface area contributed by atoms with E-state index in [1.807, 2.05) is 0 Å². The summed E-state index contributed by atoms with van der Waals surface area (Å²) in [7, 11) is 1.58. The normalized spacial score (nSPS) is 16.3. The zero-order valence-corrected chi connectivity index (χ0v) is 10.1. The number of rotatable bonds is 6. The Labute approximate surface area is 104 Å². The third-order valence-corrected chi connectivity index (χ3v) is 3.03. The Morgan fingerprint density at radius 3 is 2.89 bits per heavy atom. The molecule has 2 rings (SSSR count). The molecule has 98 valence electrons. The standard InChI is InChI=1S/C12H15FN2O3/c1-18-7-11(8-2-3-8)14-10-6-9(13)4-5-12(10)15(16)17/h4-6,8,11,14H,2-3,7H2,1H3. The van der Waals surface area contributed by atoms with Gasteiger partial charge in [0.25, 0.3) is 5.69 Å². The number of hydrogen-bond acceptors (Lipinski definition) is 4. The molecular weight excluding hydrogens is 239 g/mol. The van der Waals surface area contributed by atoms with E-state index in [1.54, 1.807) is 7.11 Å². The van der Waals surface area contributed by atoms with Gasteiger partial charge >= 0.3 is 0 Å². The second kappa shape index (κ2) is 5.30. The number of ether oxygens (including phenoxy) is 1. The van der Waals surface area contributed by atoms with Gasteiger partial charge in [-0.1, -0.05) is 0 Å². The van der Waals surface area contributed by atoms with Gasteiger partial charge in [-0.2, -0.15) is 0 Å². The van der Waals surface area contributed by atoms with Crippen LogP contribution in [0.4, 0.5) is 15.8 Å². The van der Waals surface area contributed by atoms with Crippen molar-refractivity contribution in [2.24, 2.45) is 5.92 Å². The van der Waals surface area contributed by atoms with Crippen molar-refractivity contribution < 1.29 is 14.1 Å². The SMILES string of the molecule is COCC(Nc1cc(F)ccc1[N+](=O)[O-])C1CC1. The first-order chi connectivity index (χ1) is 8.61. The molecule has 1 unspecified atom stereocenters. The maximum absolute atomic E-state index is 13.2. The van der Waals surface area contributed by atoms with E-state index in [0.717, 1.165) is 25.0 Å². The van der Waals surface area contributed by atoms with Gasteiger partial charge in [0.2, 0.25) is 0 Å². The number of nitrogens with zero attached hydrogens (tertiary/aromatic N) is 1. The van der Waals surface area contributed by atoms with Crippen LogP contribution in [0.1, 0.15) is 12.8 Å². The van der Waals surface area contributed by atoms with Crippen molar-refractivity contribution in [2.45, 2.75) is 18.9 Å². The quantitative estimate of drug-likeness (QED) is 0.626. The number of nitro benzene ring substituents is 1. The van der Waals surface area contributed by atoms with E-state index < -0.39 is 10.7 Å². The molecular formula is C12H15FN2O3. The Morgan fingerprint density at radius 2 is 2.33 bits per heavy atom. The number of methoxy groups -OCH3 is 1. The number of halogens is 1. The van der Waals surface area contributed by atoms with E-state index in [4.69, 9.17) is 4.74 Å². The summed E-state index contributed by atoms with van der Waals surface area (Å²) in [6.45, 7) is 0.457. The van der Waals surface area contributed by atoms with Crippen LogP contribution in [-0.2, 0) is 4.74 Å². The molecule has 18 heavy (non-hydrogen) atoms. The third-order valence-electron chi connectivity index (χ3n) is 3.03. The van der Waals surface area contributed by atoms with Gasteiger partial charge in [-0.05, 0) is 24.8 Å². The zero-order chi connectivity index (χ0) is 13.1. The molecule has 1 saturated carbocycles. The van der Waals surface area contributed by atoms with Gasteiger partial charge in [0.05, 0.1) is 17.6 Å². The van der Waals surface area contributed by atoms with Crippen molar-refractivity contribution in [1.29, 1.82) is 0 Å². The highest BCUT2D eigenvalue weighted by Gasteiger charge is 2.32. The Bertz CT molecular complexity index is 449. The van der Waals surface area contributed by atoms with Crippen LogP contribution >= 0.6 is 0 Å². The minimum Gasteiger partial charge on any atom is -0.383 e. The van der Waals surface area contributed by atoms with Gasteiger partial charge in [-0.15, -0.1) is 0 Å². The predicted octanol–water partition coefficient (Wildman–Crippen LogP) is 2.57. The fourth-order valence-corrected chi connectivity index (χ4v) is 1.96. The molecule has 1 aromatic rings. The summed E-state index contributed by atoms with van der Waals surface area (Å²) in [6.07, 6.45) is 2.15. The van der Waals surface area contributed by atoms with Gasteiger partial charge < -0.3 is 10.1 Å². The lowest BCUT2D eigenvalue weighted by molar-refractivity contribution is -0.384. The molecule has 1 aromatic carbocycles. The second-order valence-electron chi connectivity index (χ2n) is 4.46. The van der Waals surface area contributed by atoms with Crippen molar-refractivity contribution in [3.8, 4) is 0 Å². The molecule has 1 aliphatic rings. The maximum Gasteiger partial charge on any atom is 0.292 e. The van der Waals surface area contributed by atoms with E-state index >= 15 is 0 Å². The molecule has 1 atom stereocenters. The van der Waals surface area contributed by atoms with Crippen LogP contribution in [0.5, 0.6) is 0 Å². The minimum atomic E-state index is -0.515. The minimum absolute atomic E-state index is 0.00417. The van der Waals surface area contributed by atoms with E-state index in [-0.39, 0.29) is 17.4 Å².